The fraction of sp³-hybridized carbons (Fsp3) is 0.111. The molecule has 1 aromatic carbocycles. The van der Waals surface area contributed by atoms with Crippen LogP contribution in [-0.2, 0) is 10.0 Å². The van der Waals surface area contributed by atoms with Crippen molar-refractivity contribution in [3.63, 3.8) is 0 Å². The highest BCUT2D eigenvalue weighted by Crippen LogP contribution is 2.25. The van der Waals surface area contributed by atoms with E-state index in [9.17, 15) is 8.42 Å². The number of benzene rings is 1. The van der Waals surface area contributed by atoms with E-state index in [1.807, 2.05) is 0 Å². The largest absolute Gasteiger partial charge is 0.398 e. The van der Waals surface area contributed by atoms with E-state index in [1.54, 1.807) is 13.0 Å². The Balaban J connectivity index is 2.36. The summed E-state index contributed by atoms with van der Waals surface area (Å²) in [4.78, 5) is 0.0125. The Morgan fingerprint density at radius 1 is 1.39 bits per heavy atom. The number of rotatable bonds is 3. The minimum absolute atomic E-state index is 0.0125. The molecule has 0 unspecified atom stereocenters. The van der Waals surface area contributed by atoms with Gasteiger partial charge in [-0.2, -0.15) is 0 Å². The van der Waals surface area contributed by atoms with Crippen molar-refractivity contribution in [2.45, 2.75) is 11.8 Å². The van der Waals surface area contributed by atoms with E-state index in [-0.39, 0.29) is 15.7 Å². The number of nitrogen functional groups attached to an aromatic ring is 1. The molecule has 2 aromatic rings. The van der Waals surface area contributed by atoms with E-state index in [0.29, 0.717) is 9.48 Å². The molecule has 0 saturated heterocycles. The molecule has 0 aliphatic carbocycles. The molecule has 2 rings (SSSR count). The van der Waals surface area contributed by atoms with Crippen molar-refractivity contribution in [3.8, 4) is 0 Å². The summed E-state index contributed by atoms with van der Waals surface area (Å²) >= 11 is 4.37. The van der Waals surface area contributed by atoms with Gasteiger partial charge in [-0.3, -0.25) is 4.72 Å². The van der Waals surface area contributed by atoms with Gasteiger partial charge in [-0.25, -0.2) is 8.42 Å². The normalized spacial score (nSPS) is 11.4. The third kappa shape index (κ3) is 2.79. The first kappa shape index (κ1) is 13.2. The van der Waals surface area contributed by atoms with Gasteiger partial charge in [0, 0.05) is 4.47 Å². The summed E-state index contributed by atoms with van der Waals surface area (Å²) in [5.41, 5.74) is 5.85. The molecule has 9 heteroatoms. The third-order valence-electron chi connectivity index (χ3n) is 2.01. The second-order valence-corrected chi connectivity index (χ2v) is 7.16. The minimum Gasteiger partial charge on any atom is -0.398 e. The molecule has 0 amide bonds. The molecule has 0 saturated carbocycles. The summed E-state index contributed by atoms with van der Waals surface area (Å²) in [6.07, 6.45) is 0. The van der Waals surface area contributed by atoms with E-state index >= 15 is 0 Å². The van der Waals surface area contributed by atoms with Crippen molar-refractivity contribution in [2.24, 2.45) is 0 Å². The first-order valence-electron chi connectivity index (χ1n) is 4.76. The lowest BCUT2D eigenvalue weighted by molar-refractivity contribution is 0.601. The van der Waals surface area contributed by atoms with Gasteiger partial charge in [0.1, 0.15) is 9.90 Å². The molecule has 96 valence electrons. The average Bonchev–Trinajstić information content (AvgIpc) is 2.62. The fourth-order valence-corrected chi connectivity index (χ4v) is 3.59. The number of hydrogen-bond acceptors (Lipinski definition) is 6. The molecule has 1 heterocycles. The Labute approximate surface area is 116 Å². The molecule has 6 nitrogen and oxygen atoms in total. The second-order valence-electron chi connectivity index (χ2n) is 3.41. The molecule has 0 spiro atoms. The summed E-state index contributed by atoms with van der Waals surface area (Å²) in [5.74, 6) is 0. The molecule has 0 aliphatic rings. The van der Waals surface area contributed by atoms with Gasteiger partial charge in [0.2, 0.25) is 5.13 Å². The van der Waals surface area contributed by atoms with E-state index in [0.717, 1.165) is 11.3 Å². The molecular formula is C9H9BrN4O2S2. The van der Waals surface area contributed by atoms with E-state index in [1.165, 1.54) is 12.1 Å². The number of nitrogens with zero attached hydrogens (tertiary/aromatic N) is 2. The van der Waals surface area contributed by atoms with Crippen LogP contribution < -0.4 is 10.5 Å². The lowest BCUT2D eigenvalue weighted by Gasteiger charge is -2.07. The van der Waals surface area contributed by atoms with Crippen LogP contribution in [0.15, 0.2) is 27.6 Å². The first-order valence-corrected chi connectivity index (χ1v) is 7.86. The zero-order chi connectivity index (χ0) is 13.3. The quantitative estimate of drug-likeness (QED) is 0.826. The van der Waals surface area contributed by atoms with Crippen LogP contribution in [0.25, 0.3) is 0 Å². The van der Waals surface area contributed by atoms with Crippen LogP contribution in [0.3, 0.4) is 0 Å². The Bertz CT molecular complexity index is 684. The Morgan fingerprint density at radius 2 is 2.11 bits per heavy atom. The number of aryl methyl sites for hydroxylation is 1. The number of hydrogen-bond donors (Lipinski definition) is 2. The van der Waals surface area contributed by atoms with E-state index < -0.39 is 10.0 Å². The van der Waals surface area contributed by atoms with Crippen molar-refractivity contribution in [2.75, 3.05) is 10.5 Å². The SMILES string of the molecule is Cc1nnc(NS(=O)(=O)c2ccc(Br)cc2N)s1. The maximum atomic E-state index is 12.1. The van der Waals surface area contributed by atoms with E-state index in [4.69, 9.17) is 5.73 Å². The molecule has 0 aliphatic heterocycles. The molecule has 0 bridgehead atoms. The van der Waals surface area contributed by atoms with Crippen LogP contribution in [0.4, 0.5) is 10.8 Å². The molecule has 0 fully saturated rings. The van der Waals surface area contributed by atoms with Crippen molar-refractivity contribution in [1.29, 1.82) is 0 Å². The number of sulfonamides is 1. The van der Waals surface area contributed by atoms with Crippen LogP contribution in [-0.4, -0.2) is 18.6 Å². The molecule has 3 N–H and O–H groups in total. The van der Waals surface area contributed by atoms with Crippen molar-refractivity contribution in [1.82, 2.24) is 10.2 Å². The second kappa shape index (κ2) is 4.82. The fourth-order valence-electron chi connectivity index (χ4n) is 1.27. The van der Waals surface area contributed by atoms with Crippen molar-refractivity contribution >= 4 is 48.1 Å². The summed E-state index contributed by atoms with van der Waals surface area (Å²) in [7, 11) is -3.74. The van der Waals surface area contributed by atoms with E-state index in [2.05, 4.69) is 30.8 Å². The number of nitrogens with two attached hydrogens (primary N) is 1. The highest BCUT2D eigenvalue weighted by atomic mass is 79.9. The van der Waals surface area contributed by atoms with Gasteiger partial charge in [0.25, 0.3) is 10.0 Å². The van der Waals surface area contributed by atoms with Crippen LogP contribution in [0.5, 0.6) is 0 Å². The maximum Gasteiger partial charge on any atom is 0.265 e. The Kier molecular flexibility index (Phi) is 3.55. The van der Waals surface area contributed by atoms with Gasteiger partial charge >= 0.3 is 0 Å². The van der Waals surface area contributed by atoms with Gasteiger partial charge in [-0.05, 0) is 25.1 Å². The summed E-state index contributed by atoms with van der Waals surface area (Å²) in [6, 6.07) is 4.56. The molecule has 18 heavy (non-hydrogen) atoms. The summed E-state index contributed by atoms with van der Waals surface area (Å²) < 4.78 is 27.2. The zero-order valence-electron chi connectivity index (χ0n) is 9.21. The van der Waals surface area contributed by atoms with Gasteiger partial charge in [-0.1, -0.05) is 27.3 Å². The third-order valence-corrected chi connectivity index (χ3v) is 4.80. The summed E-state index contributed by atoms with van der Waals surface area (Å²) in [6.45, 7) is 1.74. The topological polar surface area (TPSA) is 98.0 Å². The lowest BCUT2D eigenvalue weighted by atomic mass is 10.3. The van der Waals surface area contributed by atoms with Gasteiger partial charge in [0.05, 0.1) is 5.69 Å². The number of aromatic nitrogens is 2. The van der Waals surface area contributed by atoms with Crippen LogP contribution in [0.2, 0.25) is 0 Å². The highest BCUT2D eigenvalue weighted by molar-refractivity contribution is 9.10. The smallest absolute Gasteiger partial charge is 0.265 e. The standard InChI is InChI=1S/C9H9BrN4O2S2/c1-5-12-13-9(17-5)14-18(15,16)8-3-2-6(10)4-7(8)11/h2-4H,11H2,1H3,(H,13,14). The Hall–Kier alpha value is -1.19. The highest BCUT2D eigenvalue weighted by Gasteiger charge is 2.19. The van der Waals surface area contributed by atoms with Crippen LogP contribution in [0.1, 0.15) is 5.01 Å². The number of halogens is 1. The average molecular weight is 349 g/mol. The minimum atomic E-state index is -3.74. The molecule has 1 aromatic heterocycles. The van der Waals surface area contributed by atoms with Crippen molar-refractivity contribution in [3.05, 3.63) is 27.7 Å². The van der Waals surface area contributed by atoms with Crippen LogP contribution in [0, 0.1) is 6.92 Å². The van der Waals surface area contributed by atoms with Crippen LogP contribution >= 0.6 is 27.3 Å². The van der Waals surface area contributed by atoms with Gasteiger partial charge in [0.15, 0.2) is 0 Å². The maximum absolute atomic E-state index is 12.1. The predicted octanol–water partition coefficient (Wildman–Crippen LogP) is 1.99. The number of nitrogens with one attached hydrogen (secondary N) is 1. The molecule has 0 atom stereocenters. The zero-order valence-corrected chi connectivity index (χ0v) is 12.4. The molecular weight excluding hydrogens is 340 g/mol. The molecule has 0 radical (unpaired) electrons. The summed E-state index contributed by atoms with van der Waals surface area (Å²) in [5, 5.41) is 8.33. The van der Waals surface area contributed by atoms with Gasteiger partial charge < -0.3 is 5.73 Å². The van der Waals surface area contributed by atoms with Crippen molar-refractivity contribution < 1.29 is 8.42 Å². The number of anilines is 2. The lowest BCUT2D eigenvalue weighted by Crippen LogP contribution is -2.14. The van der Waals surface area contributed by atoms with Gasteiger partial charge in [-0.15, -0.1) is 10.2 Å². The predicted molar refractivity (Wildman–Crippen MR) is 74.0 cm³/mol. The monoisotopic (exact) mass is 348 g/mol. The Morgan fingerprint density at radius 3 is 2.67 bits per heavy atom. The first-order chi connectivity index (χ1) is 8.38.